The molecule has 0 aliphatic carbocycles. The number of rotatable bonds is 5. The Hall–Kier alpha value is -1.57. The summed E-state index contributed by atoms with van der Waals surface area (Å²) in [7, 11) is 0. The van der Waals surface area contributed by atoms with E-state index in [1.165, 1.54) is 23.5 Å². The van der Waals surface area contributed by atoms with E-state index in [0.29, 0.717) is 13.0 Å². The topological polar surface area (TPSA) is 68.0 Å². The number of halogens is 3. The quantitative estimate of drug-likeness (QED) is 0.815. The molecule has 1 unspecified atom stereocenters. The van der Waals surface area contributed by atoms with Crippen LogP contribution in [0.15, 0.2) is 23.6 Å². The van der Waals surface area contributed by atoms with E-state index < -0.39 is 29.0 Å². The Morgan fingerprint density at radius 1 is 1.36 bits per heavy atom. The fraction of sp³-hybridized carbons (Fsp3) is 0.412. The molecule has 0 aliphatic heterocycles. The molecule has 138 valence electrons. The van der Waals surface area contributed by atoms with Gasteiger partial charge in [0.1, 0.15) is 17.3 Å². The van der Waals surface area contributed by atoms with E-state index in [1.54, 1.807) is 5.38 Å². The summed E-state index contributed by atoms with van der Waals surface area (Å²) in [5.41, 5.74) is 5.54. The number of hydrogen-bond acceptors (Lipinski definition) is 4. The molecule has 0 radical (unpaired) electrons. The van der Waals surface area contributed by atoms with Crippen molar-refractivity contribution in [3.8, 4) is 0 Å². The number of benzene rings is 1. The standard InChI is InChI=1S/C17H21F2N3OS.ClH/c1-17(2,3)15(11-5-4-10(18)8-12(11)19)22-16(23)13-9-24-14(21-13)6-7-20;/h4-5,8-9,15H,6-7,20H2,1-3H3,(H,22,23);1H. The van der Waals surface area contributed by atoms with Crippen LogP contribution >= 0.6 is 23.7 Å². The monoisotopic (exact) mass is 389 g/mol. The third-order valence-electron chi connectivity index (χ3n) is 3.56. The summed E-state index contributed by atoms with van der Waals surface area (Å²) in [6.45, 7) is 6.09. The molecule has 1 aromatic heterocycles. The minimum atomic E-state index is -0.683. The van der Waals surface area contributed by atoms with Gasteiger partial charge in [-0.2, -0.15) is 0 Å². The zero-order chi connectivity index (χ0) is 17.9. The van der Waals surface area contributed by atoms with Gasteiger partial charge in [-0.3, -0.25) is 4.79 Å². The smallest absolute Gasteiger partial charge is 0.271 e. The maximum atomic E-state index is 14.2. The Balaban J connectivity index is 0.00000312. The molecule has 0 saturated heterocycles. The first-order valence-corrected chi connectivity index (χ1v) is 8.50. The molecule has 2 aromatic rings. The van der Waals surface area contributed by atoms with Gasteiger partial charge in [-0.1, -0.05) is 26.8 Å². The molecule has 0 aliphatic rings. The van der Waals surface area contributed by atoms with Crippen LogP contribution in [0.4, 0.5) is 8.78 Å². The van der Waals surface area contributed by atoms with Gasteiger partial charge in [-0.15, -0.1) is 23.7 Å². The molecule has 1 amide bonds. The van der Waals surface area contributed by atoms with E-state index in [0.717, 1.165) is 11.1 Å². The molecule has 1 atom stereocenters. The third-order valence-corrected chi connectivity index (χ3v) is 4.47. The molecule has 0 fully saturated rings. The average Bonchev–Trinajstić information content (AvgIpc) is 2.93. The summed E-state index contributed by atoms with van der Waals surface area (Å²) in [5.74, 6) is -1.73. The number of thiazole rings is 1. The second-order valence-electron chi connectivity index (χ2n) is 6.60. The molecule has 0 bridgehead atoms. The highest BCUT2D eigenvalue weighted by Crippen LogP contribution is 2.34. The van der Waals surface area contributed by atoms with Gasteiger partial charge in [0.2, 0.25) is 0 Å². The fourth-order valence-corrected chi connectivity index (χ4v) is 3.15. The predicted molar refractivity (Wildman–Crippen MR) is 98.1 cm³/mol. The van der Waals surface area contributed by atoms with Gasteiger partial charge >= 0.3 is 0 Å². The Kier molecular flexibility index (Phi) is 7.46. The van der Waals surface area contributed by atoms with Crippen molar-refractivity contribution in [2.45, 2.75) is 33.2 Å². The van der Waals surface area contributed by atoms with Crippen LogP contribution in [0.2, 0.25) is 0 Å². The first-order chi connectivity index (χ1) is 11.2. The lowest BCUT2D eigenvalue weighted by molar-refractivity contribution is 0.0895. The lowest BCUT2D eigenvalue weighted by Crippen LogP contribution is -2.37. The molecule has 8 heteroatoms. The summed E-state index contributed by atoms with van der Waals surface area (Å²) in [6.07, 6.45) is 0.604. The highest BCUT2D eigenvalue weighted by molar-refractivity contribution is 7.09. The minimum Gasteiger partial charge on any atom is -0.343 e. The number of hydrogen-bond donors (Lipinski definition) is 2. The van der Waals surface area contributed by atoms with Crippen LogP contribution in [0.3, 0.4) is 0 Å². The number of amides is 1. The lowest BCUT2D eigenvalue weighted by Gasteiger charge is -2.32. The largest absolute Gasteiger partial charge is 0.343 e. The Labute approximate surface area is 156 Å². The summed E-state index contributed by atoms with van der Waals surface area (Å²) in [5, 5.41) is 5.25. The first kappa shape index (κ1) is 21.5. The van der Waals surface area contributed by atoms with Crippen LogP contribution < -0.4 is 11.1 Å². The van der Waals surface area contributed by atoms with Crippen LogP contribution in [0, 0.1) is 17.0 Å². The molecular weight excluding hydrogens is 368 g/mol. The summed E-state index contributed by atoms with van der Waals surface area (Å²) in [6, 6.07) is 2.75. The van der Waals surface area contributed by atoms with Crippen molar-refractivity contribution in [3.05, 3.63) is 51.5 Å². The van der Waals surface area contributed by atoms with Gasteiger partial charge in [-0.25, -0.2) is 13.8 Å². The SMILES string of the molecule is CC(C)(C)C(NC(=O)c1csc(CCN)n1)c1ccc(F)cc1F.Cl. The highest BCUT2D eigenvalue weighted by Gasteiger charge is 2.31. The van der Waals surface area contributed by atoms with E-state index in [4.69, 9.17) is 5.73 Å². The van der Waals surface area contributed by atoms with Crippen molar-refractivity contribution >= 4 is 29.7 Å². The Morgan fingerprint density at radius 2 is 2.04 bits per heavy atom. The predicted octanol–water partition coefficient (Wildman–Crippen LogP) is 3.86. The van der Waals surface area contributed by atoms with Gasteiger partial charge in [0.15, 0.2) is 0 Å². The Bertz CT molecular complexity index is 731. The minimum absolute atomic E-state index is 0. The van der Waals surface area contributed by atoms with Crippen molar-refractivity contribution in [2.24, 2.45) is 11.1 Å². The van der Waals surface area contributed by atoms with Crippen molar-refractivity contribution < 1.29 is 13.6 Å². The van der Waals surface area contributed by atoms with Crippen molar-refractivity contribution in [2.75, 3.05) is 6.54 Å². The number of carbonyl (C=O) groups is 1. The van der Waals surface area contributed by atoms with Crippen molar-refractivity contribution in [1.29, 1.82) is 0 Å². The van der Waals surface area contributed by atoms with E-state index in [9.17, 15) is 13.6 Å². The number of nitrogens with two attached hydrogens (primary N) is 1. The molecule has 4 nitrogen and oxygen atoms in total. The van der Waals surface area contributed by atoms with Crippen LogP contribution in [0.25, 0.3) is 0 Å². The van der Waals surface area contributed by atoms with Gasteiger partial charge in [0.05, 0.1) is 11.0 Å². The van der Waals surface area contributed by atoms with E-state index in [1.807, 2.05) is 20.8 Å². The third kappa shape index (κ3) is 5.45. The van der Waals surface area contributed by atoms with Gasteiger partial charge in [-0.05, 0) is 18.0 Å². The molecule has 0 spiro atoms. The zero-order valence-corrected chi connectivity index (χ0v) is 15.9. The maximum absolute atomic E-state index is 14.2. The molecule has 1 aromatic carbocycles. The van der Waals surface area contributed by atoms with Gasteiger partial charge in [0, 0.05) is 23.4 Å². The highest BCUT2D eigenvalue weighted by atomic mass is 35.5. The molecule has 1 heterocycles. The second-order valence-corrected chi connectivity index (χ2v) is 7.55. The number of nitrogens with zero attached hydrogens (tertiary/aromatic N) is 1. The number of nitrogens with one attached hydrogen (secondary N) is 1. The van der Waals surface area contributed by atoms with E-state index in [2.05, 4.69) is 10.3 Å². The molecular formula is C17H22ClF2N3OS. The van der Waals surface area contributed by atoms with Crippen molar-refractivity contribution in [3.63, 3.8) is 0 Å². The molecule has 2 rings (SSSR count). The first-order valence-electron chi connectivity index (χ1n) is 7.62. The average molecular weight is 390 g/mol. The summed E-state index contributed by atoms with van der Waals surface area (Å²) in [4.78, 5) is 16.7. The van der Waals surface area contributed by atoms with Crippen LogP contribution in [-0.2, 0) is 6.42 Å². The van der Waals surface area contributed by atoms with Crippen LogP contribution in [-0.4, -0.2) is 17.4 Å². The van der Waals surface area contributed by atoms with E-state index in [-0.39, 0.29) is 23.7 Å². The molecule has 25 heavy (non-hydrogen) atoms. The summed E-state index contributed by atoms with van der Waals surface area (Å²) < 4.78 is 27.3. The Morgan fingerprint density at radius 3 is 2.60 bits per heavy atom. The van der Waals surface area contributed by atoms with Crippen LogP contribution in [0.5, 0.6) is 0 Å². The van der Waals surface area contributed by atoms with Gasteiger partial charge in [0.25, 0.3) is 5.91 Å². The molecule has 0 saturated carbocycles. The zero-order valence-electron chi connectivity index (χ0n) is 14.3. The lowest BCUT2D eigenvalue weighted by atomic mass is 9.82. The second kappa shape index (κ2) is 8.69. The van der Waals surface area contributed by atoms with Gasteiger partial charge < -0.3 is 11.1 Å². The van der Waals surface area contributed by atoms with Crippen LogP contribution in [0.1, 0.15) is 47.9 Å². The maximum Gasteiger partial charge on any atom is 0.271 e. The van der Waals surface area contributed by atoms with Crippen molar-refractivity contribution in [1.82, 2.24) is 10.3 Å². The number of aromatic nitrogens is 1. The normalized spacial score (nSPS) is 12.4. The van der Waals surface area contributed by atoms with E-state index >= 15 is 0 Å². The number of carbonyl (C=O) groups excluding carboxylic acids is 1. The molecule has 3 N–H and O–H groups in total. The summed E-state index contributed by atoms with van der Waals surface area (Å²) >= 11 is 1.36. The fourth-order valence-electron chi connectivity index (χ4n) is 2.35.